The van der Waals surface area contributed by atoms with Crippen LogP contribution in [0.4, 0.5) is 0 Å². The maximum absolute atomic E-state index is 12.0. The first kappa shape index (κ1) is 23.4. The van der Waals surface area contributed by atoms with Crippen LogP contribution in [-0.4, -0.2) is 93.1 Å². The lowest BCUT2D eigenvalue weighted by Crippen LogP contribution is -2.52. The maximum Gasteiger partial charge on any atom is 0.243 e. The van der Waals surface area contributed by atoms with Gasteiger partial charge in [0.2, 0.25) is 5.91 Å². The molecule has 2 rings (SSSR count). The molecule has 1 fully saturated rings. The Hall–Kier alpha value is -1.83. The Kier molecular flexibility index (Phi) is 10.2. The molecule has 8 heteroatoms. The maximum atomic E-state index is 12.0. The fraction of sp³-hybridized carbons (Fsp3) is 0.619. The molecule has 0 aliphatic carbocycles. The van der Waals surface area contributed by atoms with E-state index in [0.717, 1.165) is 69.9 Å². The molecule has 1 saturated heterocycles. The third-order valence-corrected chi connectivity index (χ3v) is 5.06. The topological polar surface area (TPSA) is 60.4 Å². The van der Waals surface area contributed by atoms with Gasteiger partial charge in [-0.25, -0.2) is 4.99 Å². The van der Waals surface area contributed by atoms with Crippen LogP contribution in [0.5, 0.6) is 0 Å². The van der Waals surface area contributed by atoms with Crippen LogP contribution >= 0.6 is 11.6 Å². The normalized spacial score (nSPS) is 15.4. The molecule has 1 aliphatic heterocycles. The van der Waals surface area contributed by atoms with Gasteiger partial charge < -0.3 is 19.9 Å². The molecule has 1 amide bonds. The molecule has 0 bridgehead atoms. The molecule has 29 heavy (non-hydrogen) atoms. The van der Waals surface area contributed by atoms with Crippen molar-refractivity contribution in [3.63, 3.8) is 0 Å². The van der Waals surface area contributed by atoms with Crippen molar-refractivity contribution in [2.24, 2.45) is 4.99 Å². The van der Waals surface area contributed by atoms with E-state index in [2.05, 4.69) is 32.2 Å². The van der Waals surface area contributed by atoms with Crippen molar-refractivity contribution in [2.75, 3.05) is 66.6 Å². The fourth-order valence-corrected chi connectivity index (χ4v) is 3.16. The van der Waals surface area contributed by atoms with Crippen LogP contribution in [0, 0.1) is 0 Å². The van der Waals surface area contributed by atoms with Crippen LogP contribution in [0.15, 0.2) is 29.3 Å². The Labute approximate surface area is 179 Å². The Balaban J connectivity index is 1.88. The summed E-state index contributed by atoms with van der Waals surface area (Å²) in [5, 5.41) is 4.17. The van der Waals surface area contributed by atoms with E-state index >= 15 is 0 Å². The highest BCUT2D eigenvalue weighted by atomic mass is 35.5. The monoisotopic (exact) mass is 423 g/mol. The van der Waals surface area contributed by atoms with Crippen molar-refractivity contribution in [1.29, 1.82) is 0 Å². The third kappa shape index (κ3) is 8.60. The molecule has 0 atom stereocenters. The molecule has 1 aliphatic rings. The van der Waals surface area contributed by atoms with Gasteiger partial charge in [0.1, 0.15) is 6.54 Å². The number of likely N-dealkylation sites (N-methyl/N-ethyl adjacent to an activating group) is 1. The Bertz CT molecular complexity index is 643. The van der Waals surface area contributed by atoms with Gasteiger partial charge in [-0.15, -0.1) is 0 Å². The zero-order valence-corrected chi connectivity index (χ0v) is 18.6. The fourth-order valence-electron chi connectivity index (χ4n) is 3.04. The quantitative estimate of drug-likeness (QED) is 0.373. The van der Waals surface area contributed by atoms with Crippen LogP contribution in [0.2, 0.25) is 5.02 Å². The van der Waals surface area contributed by atoms with E-state index in [1.54, 1.807) is 19.0 Å². The van der Waals surface area contributed by atoms with E-state index in [1.807, 2.05) is 19.1 Å². The highest BCUT2D eigenvalue weighted by Crippen LogP contribution is 2.13. The standard InChI is InChI=1S/C21H34ClN5O2/c1-4-29-15-5-10-23-21(24-16-20(28)25(2)3)27-13-11-26(12-14-27)17-18-6-8-19(22)9-7-18/h6-9H,4-5,10-17H2,1-3H3,(H,23,24). The van der Waals surface area contributed by atoms with Crippen LogP contribution in [-0.2, 0) is 16.1 Å². The van der Waals surface area contributed by atoms with Gasteiger partial charge in [-0.05, 0) is 31.0 Å². The number of hydrogen-bond donors (Lipinski definition) is 1. The number of rotatable bonds is 9. The molecule has 1 aromatic carbocycles. The predicted molar refractivity (Wildman–Crippen MR) is 118 cm³/mol. The number of guanidine groups is 1. The second kappa shape index (κ2) is 12.7. The summed E-state index contributed by atoms with van der Waals surface area (Å²) in [5.41, 5.74) is 1.27. The molecule has 1 aromatic rings. The van der Waals surface area contributed by atoms with Gasteiger partial charge >= 0.3 is 0 Å². The molecule has 0 radical (unpaired) electrons. The van der Waals surface area contributed by atoms with E-state index in [9.17, 15) is 4.79 Å². The zero-order chi connectivity index (χ0) is 21.1. The Morgan fingerprint density at radius 3 is 2.52 bits per heavy atom. The first-order valence-electron chi connectivity index (χ1n) is 10.3. The average molecular weight is 424 g/mol. The number of piperazine rings is 1. The van der Waals surface area contributed by atoms with Gasteiger partial charge in [-0.1, -0.05) is 23.7 Å². The summed E-state index contributed by atoms with van der Waals surface area (Å²) >= 11 is 5.97. The van der Waals surface area contributed by atoms with E-state index < -0.39 is 0 Å². The minimum Gasteiger partial charge on any atom is -0.382 e. The first-order chi connectivity index (χ1) is 14.0. The zero-order valence-electron chi connectivity index (χ0n) is 17.9. The van der Waals surface area contributed by atoms with E-state index in [0.29, 0.717) is 0 Å². The predicted octanol–water partition coefficient (Wildman–Crippen LogP) is 1.92. The van der Waals surface area contributed by atoms with Gasteiger partial charge in [0, 0.05) is 71.6 Å². The largest absolute Gasteiger partial charge is 0.382 e. The molecule has 0 unspecified atom stereocenters. The molecule has 1 N–H and O–H groups in total. The first-order valence-corrected chi connectivity index (χ1v) is 10.7. The van der Waals surface area contributed by atoms with Crippen LogP contribution in [0.1, 0.15) is 18.9 Å². The number of nitrogens with one attached hydrogen (secondary N) is 1. The van der Waals surface area contributed by atoms with Crippen molar-refractivity contribution in [1.82, 2.24) is 20.0 Å². The average Bonchev–Trinajstić information content (AvgIpc) is 2.72. The minimum absolute atomic E-state index is 0.00000863. The van der Waals surface area contributed by atoms with Crippen molar-refractivity contribution >= 4 is 23.5 Å². The van der Waals surface area contributed by atoms with E-state index in [1.165, 1.54) is 5.56 Å². The molecular weight excluding hydrogens is 390 g/mol. The number of hydrogen-bond acceptors (Lipinski definition) is 4. The molecule has 0 spiro atoms. The van der Waals surface area contributed by atoms with Crippen molar-refractivity contribution in [3.8, 4) is 0 Å². The molecule has 0 saturated carbocycles. The van der Waals surface area contributed by atoms with Crippen molar-refractivity contribution in [2.45, 2.75) is 19.9 Å². The number of benzene rings is 1. The molecule has 0 aromatic heterocycles. The molecule has 1 heterocycles. The summed E-state index contributed by atoms with van der Waals surface area (Å²) in [6.45, 7) is 8.95. The summed E-state index contributed by atoms with van der Waals surface area (Å²) in [4.78, 5) is 22.8. The number of carbonyl (C=O) groups excluding carboxylic acids is 1. The summed E-state index contributed by atoms with van der Waals surface area (Å²) in [6, 6.07) is 8.03. The number of nitrogens with zero attached hydrogens (tertiary/aromatic N) is 4. The van der Waals surface area contributed by atoms with E-state index in [4.69, 9.17) is 16.3 Å². The van der Waals surface area contributed by atoms with Gasteiger partial charge in [0.15, 0.2) is 5.96 Å². The van der Waals surface area contributed by atoms with Crippen LogP contribution < -0.4 is 5.32 Å². The summed E-state index contributed by atoms with van der Waals surface area (Å²) < 4.78 is 5.40. The second-order valence-corrected chi connectivity index (χ2v) is 7.73. The lowest BCUT2D eigenvalue weighted by Gasteiger charge is -2.36. The molecule has 7 nitrogen and oxygen atoms in total. The molecular formula is C21H34ClN5O2. The van der Waals surface area contributed by atoms with Crippen molar-refractivity contribution in [3.05, 3.63) is 34.9 Å². The van der Waals surface area contributed by atoms with Crippen LogP contribution in [0.25, 0.3) is 0 Å². The van der Waals surface area contributed by atoms with E-state index in [-0.39, 0.29) is 12.5 Å². The smallest absolute Gasteiger partial charge is 0.243 e. The van der Waals surface area contributed by atoms with Gasteiger partial charge in [0.05, 0.1) is 0 Å². The van der Waals surface area contributed by atoms with Gasteiger partial charge in [-0.2, -0.15) is 0 Å². The SMILES string of the molecule is CCOCCCNC(=NCC(=O)N(C)C)N1CCN(Cc2ccc(Cl)cc2)CC1. The Morgan fingerprint density at radius 1 is 1.21 bits per heavy atom. The number of ether oxygens (including phenoxy) is 1. The number of halogens is 1. The van der Waals surface area contributed by atoms with Gasteiger partial charge in [-0.3, -0.25) is 9.69 Å². The number of aliphatic imine (C=N–C) groups is 1. The highest BCUT2D eigenvalue weighted by molar-refractivity contribution is 6.30. The third-order valence-electron chi connectivity index (χ3n) is 4.81. The summed E-state index contributed by atoms with van der Waals surface area (Å²) in [6.07, 6.45) is 0.908. The summed E-state index contributed by atoms with van der Waals surface area (Å²) in [5.74, 6) is 0.808. The number of carbonyl (C=O) groups is 1. The highest BCUT2D eigenvalue weighted by Gasteiger charge is 2.20. The van der Waals surface area contributed by atoms with Crippen LogP contribution in [0.3, 0.4) is 0 Å². The summed E-state index contributed by atoms with van der Waals surface area (Å²) in [7, 11) is 3.51. The number of amides is 1. The second-order valence-electron chi connectivity index (χ2n) is 7.29. The van der Waals surface area contributed by atoms with Gasteiger partial charge in [0.25, 0.3) is 0 Å². The minimum atomic E-state index is -0.00000863. The lowest BCUT2D eigenvalue weighted by molar-refractivity contribution is -0.127. The molecule has 162 valence electrons. The Morgan fingerprint density at radius 2 is 1.90 bits per heavy atom. The lowest BCUT2D eigenvalue weighted by atomic mass is 10.2. The van der Waals surface area contributed by atoms with Crippen molar-refractivity contribution < 1.29 is 9.53 Å².